The zero-order valence-electron chi connectivity index (χ0n) is 9.88. The fourth-order valence-electron chi connectivity index (χ4n) is 1.66. The first-order valence-electron chi connectivity index (χ1n) is 5.71. The van der Waals surface area contributed by atoms with E-state index in [4.69, 9.17) is 0 Å². The van der Waals surface area contributed by atoms with Crippen molar-refractivity contribution in [1.29, 1.82) is 0 Å². The maximum Gasteiger partial charge on any atom is 0.188 e. The number of anilines is 2. The molecule has 2 aromatic heterocycles. The van der Waals surface area contributed by atoms with Crippen molar-refractivity contribution in [2.75, 3.05) is 5.32 Å². The summed E-state index contributed by atoms with van der Waals surface area (Å²) in [5.41, 5.74) is 2.06. The molecule has 0 saturated carbocycles. The summed E-state index contributed by atoms with van der Waals surface area (Å²) in [6.45, 7) is 0. The van der Waals surface area contributed by atoms with Gasteiger partial charge in [-0.05, 0) is 24.3 Å². The summed E-state index contributed by atoms with van der Waals surface area (Å²) in [5.74, 6) is 0.803. The molecule has 0 spiro atoms. The molecule has 2 heterocycles. The SMILES string of the molecule is Brc1cccc(-c2csc(Nc3ccccn3)n2)c1. The van der Waals surface area contributed by atoms with E-state index in [0.29, 0.717) is 0 Å². The minimum Gasteiger partial charge on any atom is -0.316 e. The van der Waals surface area contributed by atoms with Gasteiger partial charge >= 0.3 is 0 Å². The highest BCUT2D eigenvalue weighted by Gasteiger charge is 2.05. The van der Waals surface area contributed by atoms with Gasteiger partial charge in [-0.25, -0.2) is 9.97 Å². The normalized spacial score (nSPS) is 10.4. The van der Waals surface area contributed by atoms with Crippen molar-refractivity contribution in [2.45, 2.75) is 0 Å². The molecule has 0 bridgehead atoms. The average Bonchev–Trinajstić information content (AvgIpc) is 2.88. The fourth-order valence-corrected chi connectivity index (χ4v) is 2.78. The van der Waals surface area contributed by atoms with Gasteiger partial charge < -0.3 is 5.32 Å². The van der Waals surface area contributed by atoms with E-state index < -0.39 is 0 Å². The molecular formula is C14H10BrN3S. The quantitative estimate of drug-likeness (QED) is 0.755. The third-order valence-electron chi connectivity index (χ3n) is 2.52. The zero-order valence-corrected chi connectivity index (χ0v) is 12.3. The van der Waals surface area contributed by atoms with E-state index in [2.05, 4.69) is 37.3 Å². The number of thiazole rings is 1. The summed E-state index contributed by atoms with van der Waals surface area (Å²) in [4.78, 5) is 8.78. The van der Waals surface area contributed by atoms with Crippen LogP contribution in [0.1, 0.15) is 0 Å². The summed E-state index contributed by atoms with van der Waals surface area (Å²) in [5, 5.41) is 6.07. The van der Waals surface area contributed by atoms with Crippen LogP contribution < -0.4 is 5.32 Å². The number of aromatic nitrogens is 2. The molecule has 0 unspecified atom stereocenters. The Bertz CT molecular complexity index is 682. The van der Waals surface area contributed by atoms with E-state index in [1.54, 1.807) is 17.5 Å². The molecule has 5 heteroatoms. The minimum absolute atomic E-state index is 0.803. The Kier molecular flexibility index (Phi) is 3.57. The lowest BCUT2D eigenvalue weighted by Crippen LogP contribution is -1.91. The first-order chi connectivity index (χ1) is 9.31. The van der Waals surface area contributed by atoms with Gasteiger partial charge in [-0.2, -0.15) is 0 Å². The topological polar surface area (TPSA) is 37.8 Å². The van der Waals surface area contributed by atoms with Crippen LogP contribution in [0, 0.1) is 0 Å². The third kappa shape index (κ3) is 3.00. The number of rotatable bonds is 3. The second-order valence-corrected chi connectivity index (χ2v) is 5.66. The van der Waals surface area contributed by atoms with Gasteiger partial charge in [0.05, 0.1) is 5.69 Å². The van der Waals surface area contributed by atoms with E-state index in [1.165, 1.54) is 0 Å². The van der Waals surface area contributed by atoms with Crippen molar-refractivity contribution >= 4 is 38.2 Å². The molecule has 0 amide bonds. The highest BCUT2D eigenvalue weighted by atomic mass is 79.9. The molecule has 0 fully saturated rings. The van der Waals surface area contributed by atoms with Crippen LogP contribution >= 0.6 is 27.3 Å². The van der Waals surface area contributed by atoms with Crippen molar-refractivity contribution in [3.8, 4) is 11.3 Å². The summed E-state index contributed by atoms with van der Waals surface area (Å²) < 4.78 is 1.05. The average molecular weight is 332 g/mol. The largest absolute Gasteiger partial charge is 0.316 e. The van der Waals surface area contributed by atoms with E-state index in [9.17, 15) is 0 Å². The van der Waals surface area contributed by atoms with Gasteiger partial charge in [0.25, 0.3) is 0 Å². The Morgan fingerprint density at radius 3 is 2.84 bits per heavy atom. The van der Waals surface area contributed by atoms with Gasteiger partial charge in [-0.15, -0.1) is 11.3 Å². The molecule has 94 valence electrons. The number of hydrogen-bond donors (Lipinski definition) is 1. The molecule has 19 heavy (non-hydrogen) atoms. The first kappa shape index (κ1) is 12.3. The number of pyridine rings is 1. The summed E-state index contributed by atoms with van der Waals surface area (Å²) in [7, 11) is 0. The van der Waals surface area contributed by atoms with Gasteiger partial charge in [-0.3, -0.25) is 0 Å². The van der Waals surface area contributed by atoms with Crippen molar-refractivity contribution in [2.24, 2.45) is 0 Å². The number of hydrogen-bond acceptors (Lipinski definition) is 4. The second kappa shape index (κ2) is 5.50. The van der Waals surface area contributed by atoms with Gasteiger partial charge in [0.1, 0.15) is 5.82 Å². The van der Waals surface area contributed by atoms with E-state index in [0.717, 1.165) is 26.7 Å². The Morgan fingerprint density at radius 1 is 1.11 bits per heavy atom. The molecule has 3 rings (SSSR count). The third-order valence-corrected chi connectivity index (χ3v) is 3.78. The number of halogens is 1. The van der Waals surface area contributed by atoms with Crippen molar-refractivity contribution in [3.05, 3.63) is 58.5 Å². The first-order valence-corrected chi connectivity index (χ1v) is 7.38. The standard InChI is InChI=1S/C14H10BrN3S/c15-11-5-3-4-10(8-11)12-9-19-14(17-12)18-13-6-1-2-7-16-13/h1-9H,(H,16,17,18). The smallest absolute Gasteiger partial charge is 0.188 e. The van der Waals surface area contributed by atoms with Gasteiger partial charge in [0.2, 0.25) is 0 Å². The Balaban J connectivity index is 1.84. The predicted molar refractivity (Wildman–Crippen MR) is 82.8 cm³/mol. The predicted octanol–water partition coefficient (Wildman–Crippen LogP) is 4.71. The number of nitrogens with zero attached hydrogens (tertiary/aromatic N) is 2. The van der Waals surface area contributed by atoms with E-state index in [-0.39, 0.29) is 0 Å². The van der Waals surface area contributed by atoms with Crippen LogP contribution in [0.15, 0.2) is 58.5 Å². The molecule has 0 aliphatic carbocycles. The fraction of sp³-hybridized carbons (Fsp3) is 0. The van der Waals surface area contributed by atoms with Crippen LogP contribution in [-0.4, -0.2) is 9.97 Å². The van der Waals surface area contributed by atoms with Crippen LogP contribution in [0.4, 0.5) is 10.9 Å². The van der Waals surface area contributed by atoms with Crippen LogP contribution in [0.2, 0.25) is 0 Å². The molecule has 0 aliphatic rings. The molecule has 0 radical (unpaired) electrons. The van der Waals surface area contributed by atoms with Crippen LogP contribution in [-0.2, 0) is 0 Å². The second-order valence-electron chi connectivity index (χ2n) is 3.89. The highest BCUT2D eigenvalue weighted by Crippen LogP contribution is 2.28. The molecule has 0 aliphatic heterocycles. The maximum atomic E-state index is 4.56. The summed E-state index contributed by atoms with van der Waals surface area (Å²) in [6.07, 6.45) is 1.76. The lowest BCUT2D eigenvalue weighted by atomic mass is 10.2. The van der Waals surface area contributed by atoms with Crippen molar-refractivity contribution < 1.29 is 0 Å². The van der Waals surface area contributed by atoms with Crippen LogP contribution in [0.25, 0.3) is 11.3 Å². The molecule has 1 aromatic carbocycles. The molecular weight excluding hydrogens is 322 g/mol. The molecule has 1 N–H and O–H groups in total. The van der Waals surface area contributed by atoms with Gasteiger partial charge in [0.15, 0.2) is 5.13 Å². The Labute approximate surface area is 123 Å². The summed E-state index contributed by atoms with van der Waals surface area (Å²) >= 11 is 5.04. The maximum absolute atomic E-state index is 4.56. The van der Waals surface area contributed by atoms with Crippen LogP contribution in [0.5, 0.6) is 0 Å². The lowest BCUT2D eigenvalue weighted by molar-refractivity contribution is 1.29. The van der Waals surface area contributed by atoms with E-state index in [1.807, 2.05) is 41.8 Å². The summed E-state index contributed by atoms with van der Waals surface area (Å²) in [6, 6.07) is 13.9. The Morgan fingerprint density at radius 2 is 2.05 bits per heavy atom. The van der Waals surface area contributed by atoms with E-state index >= 15 is 0 Å². The Hall–Kier alpha value is -1.72. The monoisotopic (exact) mass is 331 g/mol. The van der Waals surface area contributed by atoms with Crippen LogP contribution in [0.3, 0.4) is 0 Å². The molecule has 3 aromatic rings. The van der Waals surface area contributed by atoms with Gasteiger partial charge in [0, 0.05) is 21.6 Å². The number of benzene rings is 1. The molecule has 0 saturated heterocycles. The van der Waals surface area contributed by atoms with Crippen molar-refractivity contribution in [3.63, 3.8) is 0 Å². The molecule has 3 nitrogen and oxygen atoms in total. The molecule has 0 atom stereocenters. The zero-order chi connectivity index (χ0) is 13.1. The van der Waals surface area contributed by atoms with Gasteiger partial charge in [-0.1, -0.05) is 34.1 Å². The highest BCUT2D eigenvalue weighted by molar-refractivity contribution is 9.10. The minimum atomic E-state index is 0.803. The number of nitrogens with one attached hydrogen (secondary N) is 1. The van der Waals surface area contributed by atoms with Crippen molar-refractivity contribution in [1.82, 2.24) is 9.97 Å². The lowest BCUT2D eigenvalue weighted by Gasteiger charge is -2.00.